The number of pyridine rings is 2. The Morgan fingerprint density at radius 3 is 2.41 bits per heavy atom. The zero-order valence-corrected chi connectivity index (χ0v) is 19.3. The predicted molar refractivity (Wildman–Crippen MR) is 124 cm³/mol. The van der Waals surface area contributed by atoms with Gasteiger partial charge < -0.3 is 4.57 Å². The highest BCUT2D eigenvalue weighted by Crippen LogP contribution is 2.34. The second kappa shape index (κ2) is 8.84. The van der Waals surface area contributed by atoms with Crippen molar-refractivity contribution in [3.8, 4) is 11.4 Å². The number of benzene rings is 1. The largest absolute Gasteiger partial charge is 0.305 e. The summed E-state index contributed by atoms with van der Waals surface area (Å²) in [4.78, 5) is 12.6. The van der Waals surface area contributed by atoms with Crippen molar-refractivity contribution in [2.75, 3.05) is 13.1 Å². The molecule has 0 atom stereocenters. The Hall–Kier alpha value is -3.24. The lowest BCUT2D eigenvalue weighted by molar-refractivity contribution is 0.278. The number of imidazole rings is 1. The van der Waals surface area contributed by atoms with Gasteiger partial charge in [-0.25, -0.2) is 18.4 Å². The number of nitrogens with zero attached hydrogens (tertiary/aromatic N) is 5. The summed E-state index contributed by atoms with van der Waals surface area (Å²) < 4.78 is 57.6. The summed E-state index contributed by atoms with van der Waals surface area (Å²) in [6.45, 7) is 2.63. The van der Waals surface area contributed by atoms with E-state index in [2.05, 4.69) is 15.0 Å². The van der Waals surface area contributed by atoms with Gasteiger partial charge in [0.1, 0.15) is 11.3 Å². The van der Waals surface area contributed by atoms with E-state index in [1.807, 2.05) is 23.6 Å². The van der Waals surface area contributed by atoms with Crippen LogP contribution >= 0.6 is 0 Å². The van der Waals surface area contributed by atoms with Crippen molar-refractivity contribution >= 4 is 21.2 Å². The summed E-state index contributed by atoms with van der Waals surface area (Å²) in [5.41, 5.74) is 2.29. The van der Waals surface area contributed by atoms with Gasteiger partial charge in [0.25, 0.3) is 0 Å². The molecule has 1 aliphatic heterocycles. The monoisotopic (exact) mass is 483 g/mol. The predicted octanol–water partition coefficient (Wildman–Crippen LogP) is 4.36. The van der Waals surface area contributed by atoms with Gasteiger partial charge in [0, 0.05) is 25.3 Å². The average Bonchev–Trinajstić information content (AvgIpc) is 3.23. The molecule has 34 heavy (non-hydrogen) atoms. The molecule has 5 rings (SSSR count). The Morgan fingerprint density at radius 1 is 1.00 bits per heavy atom. The topological polar surface area (TPSA) is 81.0 Å². The van der Waals surface area contributed by atoms with Crippen LogP contribution in [0.5, 0.6) is 0 Å². The fraction of sp³-hybridized carbons (Fsp3) is 0.292. The Labute approximate surface area is 196 Å². The number of fused-ring (bicyclic) bond motifs is 1. The third-order valence-electron chi connectivity index (χ3n) is 6.26. The second-order valence-corrected chi connectivity index (χ2v) is 10.2. The first-order valence-electron chi connectivity index (χ1n) is 11.1. The van der Waals surface area contributed by atoms with Gasteiger partial charge in [-0.2, -0.15) is 18.1 Å². The number of halogens is 2. The SMILES string of the molecule is CCc1ccc(S(=O)(=O)N2CCC(n3c(-c4ccc(F)nc4F)nc4cccnc43)CC2)cc1. The van der Waals surface area contributed by atoms with Crippen molar-refractivity contribution in [3.05, 3.63) is 72.2 Å². The van der Waals surface area contributed by atoms with Crippen LogP contribution < -0.4 is 0 Å². The van der Waals surface area contributed by atoms with E-state index in [9.17, 15) is 17.2 Å². The normalized spacial score (nSPS) is 15.7. The summed E-state index contributed by atoms with van der Waals surface area (Å²) >= 11 is 0. The maximum atomic E-state index is 14.6. The van der Waals surface area contributed by atoms with E-state index in [0.717, 1.165) is 18.1 Å². The van der Waals surface area contributed by atoms with Crippen LogP contribution in [0.15, 0.2) is 59.6 Å². The van der Waals surface area contributed by atoms with E-state index in [0.29, 0.717) is 42.9 Å². The maximum absolute atomic E-state index is 14.6. The van der Waals surface area contributed by atoms with Gasteiger partial charge in [-0.05, 0) is 61.2 Å². The average molecular weight is 484 g/mol. The zero-order chi connectivity index (χ0) is 23.9. The van der Waals surface area contributed by atoms with Crippen LogP contribution in [0.2, 0.25) is 0 Å². The van der Waals surface area contributed by atoms with Crippen molar-refractivity contribution in [2.45, 2.75) is 37.1 Å². The van der Waals surface area contributed by atoms with E-state index < -0.39 is 21.9 Å². The third kappa shape index (κ3) is 3.97. The first-order valence-corrected chi connectivity index (χ1v) is 12.6. The highest BCUT2D eigenvalue weighted by Gasteiger charge is 2.32. The summed E-state index contributed by atoms with van der Waals surface area (Å²) in [6, 6.07) is 12.7. The van der Waals surface area contributed by atoms with Crippen LogP contribution in [0.4, 0.5) is 8.78 Å². The van der Waals surface area contributed by atoms with Crippen LogP contribution in [0.25, 0.3) is 22.6 Å². The number of sulfonamides is 1. The molecule has 0 aliphatic carbocycles. The fourth-order valence-corrected chi connectivity index (χ4v) is 5.90. The molecule has 4 aromatic rings. The van der Waals surface area contributed by atoms with Crippen molar-refractivity contribution in [1.29, 1.82) is 0 Å². The minimum atomic E-state index is -3.61. The molecule has 4 heterocycles. The highest BCUT2D eigenvalue weighted by atomic mass is 32.2. The van der Waals surface area contributed by atoms with Crippen LogP contribution in [0.1, 0.15) is 31.4 Å². The van der Waals surface area contributed by atoms with E-state index in [1.165, 1.54) is 10.4 Å². The molecular formula is C24H23F2N5O2S. The molecule has 0 amide bonds. The van der Waals surface area contributed by atoms with Crippen molar-refractivity contribution in [2.24, 2.45) is 0 Å². The van der Waals surface area contributed by atoms with E-state index in [1.54, 1.807) is 30.5 Å². The highest BCUT2D eigenvalue weighted by molar-refractivity contribution is 7.89. The minimum Gasteiger partial charge on any atom is -0.305 e. The maximum Gasteiger partial charge on any atom is 0.243 e. The quantitative estimate of drug-likeness (QED) is 0.394. The molecule has 3 aromatic heterocycles. The molecule has 0 spiro atoms. The van der Waals surface area contributed by atoms with E-state index in [-0.39, 0.29) is 16.5 Å². The first-order chi connectivity index (χ1) is 16.4. The first kappa shape index (κ1) is 22.5. The molecule has 1 fully saturated rings. The smallest absolute Gasteiger partial charge is 0.243 e. The summed E-state index contributed by atoms with van der Waals surface area (Å²) in [7, 11) is -3.61. The zero-order valence-electron chi connectivity index (χ0n) is 18.5. The standard InChI is InChI=1S/C24H23F2N5O2S/c1-2-16-5-7-18(8-6-16)34(32,33)30-14-11-17(12-15-30)31-23(19-9-10-21(25)29-22(19)26)28-20-4-3-13-27-24(20)31/h3-10,13,17H,2,11-12,14-15H2,1H3. The number of aromatic nitrogens is 4. The Bertz CT molecular complexity index is 1450. The number of aryl methyl sites for hydroxylation is 1. The van der Waals surface area contributed by atoms with Crippen LogP contribution in [-0.2, 0) is 16.4 Å². The Kier molecular flexibility index (Phi) is 5.86. The minimum absolute atomic E-state index is 0.0745. The Balaban J connectivity index is 1.46. The lowest BCUT2D eigenvalue weighted by atomic mass is 10.1. The van der Waals surface area contributed by atoms with Gasteiger partial charge in [0.15, 0.2) is 5.65 Å². The fourth-order valence-electron chi connectivity index (χ4n) is 4.43. The van der Waals surface area contributed by atoms with Crippen molar-refractivity contribution < 1.29 is 17.2 Å². The van der Waals surface area contributed by atoms with Gasteiger partial charge in [0.05, 0.1) is 10.5 Å². The number of piperidine rings is 1. The van der Waals surface area contributed by atoms with Crippen LogP contribution in [0.3, 0.4) is 0 Å². The molecular weight excluding hydrogens is 460 g/mol. The Morgan fingerprint density at radius 2 is 1.74 bits per heavy atom. The van der Waals surface area contributed by atoms with Crippen LogP contribution in [0, 0.1) is 11.9 Å². The van der Waals surface area contributed by atoms with E-state index >= 15 is 0 Å². The summed E-state index contributed by atoms with van der Waals surface area (Å²) in [5, 5.41) is 0. The lowest BCUT2D eigenvalue weighted by Gasteiger charge is -2.32. The molecule has 1 aromatic carbocycles. The molecule has 0 saturated carbocycles. The molecule has 10 heteroatoms. The lowest BCUT2D eigenvalue weighted by Crippen LogP contribution is -2.39. The van der Waals surface area contributed by atoms with E-state index in [4.69, 9.17) is 0 Å². The number of hydrogen-bond donors (Lipinski definition) is 0. The van der Waals surface area contributed by atoms with Crippen LogP contribution in [-0.4, -0.2) is 45.3 Å². The summed E-state index contributed by atoms with van der Waals surface area (Å²) in [5.74, 6) is -1.56. The molecule has 0 radical (unpaired) electrons. The van der Waals surface area contributed by atoms with Gasteiger partial charge in [-0.3, -0.25) is 0 Å². The van der Waals surface area contributed by atoms with Gasteiger partial charge >= 0.3 is 0 Å². The number of hydrogen-bond acceptors (Lipinski definition) is 5. The molecule has 1 aliphatic rings. The molecule has 176 valence electrons. The molecule has 0 bridgehead atoms. The van der Waals surface area contributed by atoms with Gasteiger partial charge in [-0.15, -0.1) is 0 Å². The second-order valence-electron chi connectivity index (χ2n) is 8.26. The van der Waals surface area contributed by atoms with Gasteiger partial charge in [0.2, 0.25) is 21.9 Å². The van der Waals surface area contributed by atoms with Gasteiger partial charge in [-0.1, -0.05) is 19.1 Å². The molecule has 7 nitrogen and oxygen atoms in total. The van der Waals surface area contributed by atoms with Crippen molar-refractivity contribution in [1.82, 2.24) is 23.8 Å². The summed E-state index contributed by atoms with van der Waals surface area (Å²) in [6.07, 6.45) is 3.46. The molecule has 0 unspecified atom stereocenters. The third-order valence-corrected chi connectivity index (χ3v) is 8.18. The molecule has 0 N–H and O–H groups in total. The molecule has 1 saturated heterocycles. The number of rotatable bonds is 5. The van der Waals surface area contributed by atoms with Crippen molar-refractivity contribution in [3.63, 3.8) is 0 Å².